The van der Waals surface area contributed by atoms with Gasteiger partial charge in [-0.2, -0.15) is 0 Å². The first kappa shape index (κ1) is 27.3. The number of ether oxygens (including phenoxy) is 3. The number of phenols is 1. The first-order valence-corrected chi connectivity index (χ1v) is 12.6. The van der Waals surface area contributed by atoms with E-state index in [-0.39, 0.29) is 28.0 Å². The van der Waals surface area contributed by atoms with Gasteiger partial charge in [-0.1, -0.05) is 36.1 Å². The minimum absolute atomic E-state index is 0.111. The van der Waals surface area contributed by atoms with Crippen LogP contribution >= 0.6 is 11.3 Å². The number of allylic oxidation sites excluding steroid dienone is 1. The Morgan fingerprint density at radius 3 is 2.64 bits per heavy atom. The van der Waals surface area contributed by atoms with Crippen LogP contribution in [0.4, 0.5) is 5.69 Å². The Morgan fingerprint density at radius 1 is 1.31 bits per heavy atom. The van der Waals surface area contributed by atoms with E-state index in [1.165, 1.54) is 23.8 Å². The zero-order chi connectivity index (χ0) is 28.3. The van der Waals surface area contributed by atoms with Crippen molar-refractivity contribution in [2.45, 2.75) is 19.9 Å². The van der Waals surface area contributed by atoms with Gasteiger partial charge in [0.1, 0.15) is 12.4 Å². The molecule has 1 aliphatic heterocycles. The highest BCUT2D eigenvalue weighted by Gasteiger charge is 2.33. The Hall–Kier alpha value is -4.71. The van der Waals surface area contributed by atoms with E-state index < -0.39 is 33.9 Å². The fourth-order valence-electron chi connectivity index (χ4n) is 4.15. The van der Waals surface area contributed by atoms with E-state index in [0.717, 1.165) is 17.4 Å². The maximum Gasteiger partial charge on any atom is 0.338 e. The molecule has 0 saturated heterocycles. The lowest BCUT2D eigenvalue weighted by Crippen LogP contribution is -2.39. The molecule has 0 radical (unpaired) electrons. The molecule has 12 heteroatoms. The van der Waals surface area contributed by atoms with E-state index in [9.17, 15) is 24.8 Å². The number of aromatic nitrogens is 1. The maximum absolute atomic E-state index is 13.7. The molecule has 1 N–H and O–H groups in total. The van der Waals surface area contributed by atoms with Crippen LogP contribution in [0.25, 0.3) is 6.08 Å². The number of benzene rings is 2. The van der Waals surface area contributed by atoms with Gasteiger partial charge in [0.25, 0.3) is 5.56 Å². The third-order valence-electron chi connectivity index (χ3n) is 5.87. The number of carbonyl (C=O) groups is 1. The minimum atomic E-state index is -0.834. The number of fused-ring (bicyclic) bond motifs is 1. The monoisotopic (exact) mass is 551 g/mol. The van der Waals surface area contributed by atoms with E-state index >= 15 is 0 Å². The van der Waals surface area contributed by atoms with Gasteiger partial charge in [0.15, 0.2) is 10.6 Å². The molecule has 4 rings (SSSR count). The molecule has 39 heavy (non-hydrogen) atoms. The standard InChI is InChI=1S/C27H25N3O8S/c1-5-11-38-18-9-7-17(8-10-18)23-22(26(33)37-6-2)15(3)28-27-29(23)25(32)21(39-27)14-16-12-19(30(34)35)24(31)20(13-16)36-4/h5,7-10,12-14,23,31H,1,6,11H2,2-4H3/b21-14-/t23-/m0/s1. The lowest BCUT2D eigenvalue weighted by atomic mass is 9.96. The van der Waals surface area contributed by atoms with Gasteiger partial charge in [-0.15, -0.1) is 0 Å². The summed E-state index contributed by atoms with van der Waals surface area (Å²) in [5.41, 5.74) is 0.499. The van der Waals surface area contributed by atoms with Crippen molar-refractivity contribution in [3.05, 3.63) is 101 Å². The summed E-state index contributed by atoms with van der Waals surface area (Å²) in [4.78, 5) is 42.3. The summed E-state index contributed by atoms with van der Waals surface area (Å²) < 4.78 is 17.5. The number of nitrogens with zero attached hydrogens (tertiary/aromatic N) is 3. The van der Waals surface area contributed by atoms with E-state index in [1.807, 2.05) is 0 Å². The zero-order valence-electron chi connectivity index (χ0n) is 21.4. The molecule has 2 heterocycles. The maximum atomic E-state index is 13.7. The fraction of sp³-hybridized carbons (Fsp3) is 0.222. The fourth-order valence-corrected chi connectivity index (χ4v) is 5.20. The van der Waals surface area contributed by atoms with E-state index in [4.69, 9.17) is 14.2 Å². The van der Waals surface area contributed by atoms with Crippen molar-refractivity contribution < 1.29 is 29.0 Å². The van der Waals surface area contributed by atoms with E-state index in [0.29, 0.717) is 28.4 Å². The van der Waals surface area contributed by atoms with Gasteiger partial charge in [0, 0.05) is 6.07 Å². The molecule has 1 aromatic heterocycles. The third-order valence-corrected chi connectivity index (χ3v) is 6.86. The Balaban J connectivity index is 1.92. The van der Waals surface area contributed by atoms with Crippen molar-refractivity contribution in [2.24, 2.45) is 4.99 Å². The van der Waals surface area contributed by atoms with Crippen molar-refractivity contribution in [1.82, 2.24) is 4.57 Å². The summed E-state index contributed by atoms with van der Waals surface area (Å²) in [7, 11) is 1.27. The van der Waals surface area contributed by atoms with Crippen molar-refractivity contribution in [3.8, 4) is 17.2 Å². The number of thiazole rings is 1. The quantitative estimate of drug-likeness (QED) is 0.185. The SMILES string of the molecule is C=CCOc1ccc([C@H]2C(C(=O)OCC)=C(C)N=c3s/c(=C\c4cc(OC)c(O)c([N+](=O)[O-])c4)c(=O)n32)cc1. The van der Waals surface area contributed by atoms with E-state index in [1.54, 1.807) is 44.2 Å². The highest BCUT2D eigenvalue weighted by atomic mass is 32.1. The molecule has 0 bridgehead atoms. The number of nitro groups is 1. The van der Waals surface area contributed by atoms with Crippen molar-refractivity contribution in [3.63, 3.8) is 0 Å². The molecule has 202 valence electrons. The Morgan fingerprint density at radius 2 is 2.03 bits per heavy atom. The van der Waals surface area contributed by atoms with Crippen molar-refractivity contribution in [2.75, 3.05) is 20.3 Å². The minimum Gasteiger partial charge on any atom is -0.500 e. The lowest BCUT2D eigenvalue weighted by Gasteiger charge is -2.24. The van der Waals surface area contributed by atoms with Crippen LogP contribution in [-0.2, 0) is 9.53 Å². The predicted octanol–water partition coefficient (Wildman–Crippen LogP) is 2.99. The number of esters is 1. The summed E-state index contributed by atoms with van der Waals surface area (Å²) in [6, 6.07) is 8.67. The second-order valence-corrected chi connectivity index (χ2v) is 9.33. The normalized spacial score (nSPS) is 14.8. The molecule has 0 aliphatic carbocycles. The van der Waals surface area contributed by atoms with Crippen LogP contribution in [0, 0.1) is 10.1 Å². The molecule has 0 unspecified atom stereocenters. The molecule has 0 amide bonds. The molecular weight excluding hydrogens is 526 g/mol. The molecule has 0 spiro atoms. The highest BCUT2D eigenvalue weighted by Crippen LogP contribution is 2.37. The Bertz CT molecular complexity index is 1670. The number of methoxy groups -OCH3 is 1. The number of hydrogen-bond donors (Lipinski definition) is 1. The van der Waals surface area contributed by atoms with Crippen LogP contribution in [0.15, 0.2) is 70.1 Å². The summed E-state index contributed by atoms with van der Waals surface area (Å²) in [5.74, 6) is -0.729. The molecule has 0 saturated carbocycles. The summed E-state index contributed by atoms with van der Waals surface area (Å²) in [6.45, 7) is 7.46. The van der Waals surface area contributed by atoms with Crippen LogP contribution in [0.5, 0.6) is 17.2 Å². The highest BCUT2D eigenvalue weighted by molar-refractivity contribution is 7.07. The molecule has 11 nitrogen and oxygen atoms in total. The third kappa shape index (κ3) is 5.32. The van der Waals surface area contributed by atoms with Gasteiger partial charge in [0.2, 0.25) is 5.75 Å². The number of nitro benzene ring substituents is 1. The average molecular weight is 552 g/mol. The number of phenolic OH excluding ortho intramolecular Hbond substituents is 1. The van der Waals surface area contributed by atoms with Crippen LogP contribution in [0.2, 0.25) is 0 Å². The Labute approximate surface area is 226 Å². The molecule has 1 atom stereocenters. The predicted molar refractivity (Wildman–Crippen MR) is 144 cm³/mol. The largest absolute Gasteiger partial charge is 0.500 e. The second kappa shape index (κ2) is 11.4. The van der Waals surface area contributed by atoms with Crippen LogP contribution in [0.3, 0.4) is 0 Å². The average Bonchev–Trinajstić information content (AvgIpc) is 3.21. The summed E-state index contributed by atoms with van der Waals surface area (Å²) in [6.07, 6.45) is 3.07. The molecule has 0 fully saturated rings. The van der Waals surface area contributed by atoms with Gasteiger partial charge >= 0.3 is 11.7 Å². The van der Waals surface area contributed by atoms with Gasteiger partial charge < -0.3 is 19.3 Å². The summed E-state index contributed by atoms with van der Waals surface area (Å²) >= 11 is 1.07. The van der Waals surface area contributed by atoms with Crippen molar-refractivity contribution in [1.29, 1.82) is 0 Å². The smallest absolute Gasteiger partial charge is 0.338 e. The van der Waals surface area contributed by atoms with Gasteiger partial charge in [-0.25, -0.2) is 9.79 Å². The zero-order valence-corrected chi connectivity index (χ0v) is 22.2. The topological polar surface area (TPSA) is 142 Å². The number of rotatable bonds is 9. The number of carbonyl (C=O) groups excluding carboxylic acids is 1. The van der Waals surface area contributed by atoms with Crippen LogP contribution in [0.1, 0.15) is 31.0 Å². The molecular formula is C27H25N3O8S. The second-order valence-electron chi connectivity index (χ2n) is 8.32. The number of aromatic hydroxyl groups is 1. The lowest BCUT2D eigenvalue weighted by molar-refractivity contribution is -0.386. The molecule has 2 aromatic carbocycles. The summed E-state index contributed by atoms with van der Waals surface area (Å²) in [5, 5.41) is 21.5. The van der Waals surface area contributed by atoms with Gasteiger partial charge in [0.05, 0.1) is 40.5 Å². The first-order valence-electron chi connectivity index (χ1n) is 11.8. The van der Waals surface area contributed by atoms with Gasteiger partial charge in [-0.3, -0.25) is 19.5 Å². The van der Waals surface area contributed by atoms with Crippen molar-refractivity contribution >= 4 is 29.1 Å². The van der Waals surface area contributed by atoms with E-state index in [2.05, 4.69) is 11.6 Å². The van der Waals surface area contributed by atoms with Gasteiger partial charge in [-0.05, 0) is 49.2 Å². The molecule has 3 aromatic rings. The first-order chi connectivity index (χ1) is 18.7. The van der Waals surface area contributed by atoms with Crippen LogP contribution < -0.4 is 24.4 Å². The Kier molecular flexibility index (Phi) is 7.96. The molecule has 1 aliphatic rings. The number of hydrogen-bond acceptors (Lipinski definition) is 10. The van der Waals surface area contributed by atoms with Crippen LogP contribution in [-0.4, -0.2) is 40.9 Å².